The van der Waals surface area contributed by atoms with Crippen LogP contribution >= 0.6 is 23.4 Å². The van der Waals surface area contributed by atoms with Gasteiger partial charge in [0.1, 0.15) is 0 Å². The van der Waals surface area contributed by atoms with Gasteiger partial charge in [-0.1, -0.05) is 30.3 Å². The normalized spacial score (nSPS) is 12.0. The van der Waals surface area contributed by atoms with Crippen LogP contribution in [0.2, 0.25) is 5.02 Å². The Hall–Kier alpha value is -2.38. The highest BCUT2D eigenvalue weighted by molar-refractivity contribution is 8.00. The van der Waals surface area contributed by atoms with Gasteiger partial charge in [0.25, 0.3) is 0 Å². The molecule has 6 nitrogen and oxygen atoms in total. The summed E-state index contributed by atoms with van der Waals surface area (Å²) in [5.41, 5.74) is 1.67. The number of pyridine rings is 1. The quantitative estimate of drug-likeness (QED) is 0.589. The maximum Gasteiger partial charge on any atom is 0.237 e. The smallest absolute Gasteiger partial charge is 0.237 e. The van der Waals surface area contributed by atoms with Crippen LogP contribution in [0.3, 0.4) is 0 Å². The average molecular weight is 402 g/mol. The molecule has 0 aliphatic rings. The third-order valence-electron chi connectivity index (χ3n) is 3.99. The largest absolute Gasteiger partial charge is 0.325 e. The number of anilines is 1. The van der Waals surface area contributed by atoms with Crippen molar-refractivity contribution in [2.24, 2.45) is 0 Å². The minimum Gasteiger partial charge on any atom is -0.325 e. The maximum absolute atomic E-state index is 12.7. The maximum atomic E-state index is 12.7. The zero-order valence-electron chi connectivity index (χ0n) is 15.1. The molecule has 1 atom stereocenters. The van der Waals surface area contributed by atoms with E-state index in [0.29, 0.717) is 18.0 Å². The van der Waals surface area contributed by atoms with Crippen molar-refractivity contribution in [3.63, 3.8) is 0 Å². The standard InChI is InChI=1S/C19H20ClN5OS/c1-3-16(18(26)22-15-7-5-14(20)6-8-15)27-19-24-23-17(25(19)4-2)13-9-11-21-12-10-13/h5-12,16H,3-4H2,1-2H3,(H,22,26). The third-order valence-corrected chi connectivity index (χ3v) is 5.59. The molecular weight excluding hydrogens is 382 g/mol. The summed E-state index contributed by atoms with van der Waals surface area (Å²) in [5, 5.41) is 12.6. The predicted molar refractivity (Wildman–Crippen MR) is 109 cm³/mol. The molecule has 0 bridgehead atoms. The molecule has 2 aromatic heterocycles. The van der Waals surface area contributed by atoms with Gasteiger partial charge in [0.15, 0.2) is 11.0 Å². The second-order valence-corrected chi connectivity index (χ2v) is 7.40. The van der Waals surface area contributed by atoms with Gasteiger partial charge in [-0.05, 0) is 49.7 Å². The molecule has 0 spiro atoms. The number of hydrogen-bond acceptors (Lipinski definition) is 5. The van der Waals surface area contributed by atoms with E-state index in [9.17, 15) is 4.79 Å². The average Bonchev–Trinajstić information content (AvgIpc) is 3.11. The Balaban J connectivity index is 1.77. The Kier molecular flexibility index (Phi) is 6.47. The van der Waals surface area contributed by atoms with E-state index >= 15 is 0 Å². The number of nitrogens with one attached hydrogen (secondary N) is 1. The number of nitrogens with zero attached hydrogens (tertiary/aromatic N) is 4. The topological polar surface area (TPSA) is 72.7 Å². The molecule has 1 aromatic carbocycles. The third kappa shape index (κ3) is 4.67. The number of aromatic nitrogens is 4. The Morgan fingerprint density at radius 3 is 2.48 bits per heavy atom. The fourth-order valence-electron chi connectivity index (χ4n) is 2.58. The number of rotatable bonds is 7. The summed E-state index contributed by atoms with van der Waals surface area (Å²) in [4.78, 5) is 16.7. The summed E-state index contributed by atoms with van der Waals surface area (Å²) in [7, 11) is 0. The van der Waals surface area contributed by atoms with E-state index in [1.807, 2.05) is 30.5 Å². The second kappa shape index (κ2) is 9.01. The Morgan fingerprint density at radius 1 is 1.15 bits per heavy atom. The molecule has 0 radical (unpaired) electrons. The summed E-state index contributed by atoms with van der Waals surface area (Å²) in [6, 6.07) is 10.9. The van der Waals surface area contributed by atoms with Crippen molar-refractivity contribution < 1.29 is 4.79 Å². The molecule has 0 aliphatic carbocycles. The fourth-order valence-corrected chi connectivity index (χ4v) is 3.72. The molecule has 0 aliphatic heterocycles. The highest BCUT2D eigenvalue weighted by Crippen LogP contribution is 2.28. The zero-order chi connectivity index (χ0) is 19.2. The molecule has 2 heterocycles. The van der Waals surface area contributed by atoms with E-state index in [1.165, 1.54) is 11.8 Å². The summed E-state index contributed by atoms with van der Waals surface area (Å²) >= 11 is 7.31. The predicted octanol–water partition coefficient (Wildman–Crippen LogP) is 4.52. The number of thioether (sulfide) groups is 1. The van der Waals surface area contributed by atoms with Gasteiger partial charge >= 0.3 is 0 Å². The van der Waals surface area contributed by atoms with Crippen LogP contribution in [0.4, 0.5) is 5.69 Å². The Labute approximate surface area is 167 Å². The van der Waals surface area contributed by atoms with Gasteiger partial charge in [-0.25, -0.2) is 0 Å². The van der Waals surface area contributed by atoms with Gasteiger partial charge < -0.3 is 9.88 Å². The molecule has 0 saturated carbocycles. The zero-order valence-corrected chi connectivity index (χ0v) is 16.7. The molecule has 140 valence electrons. The SMILES string of the molecule is CCC(Sc1nnc(-c2ccncc2)n1CC)C(=O)Nc1ccc(Cl)cc1. The van der Waals surface area contributed by atoms with E-state index in [4.69, 9.17) is 11.6 Å². The van der Waals surface area contributed by atoms with E-state index in [2.05, 4.69) is 20.5 Å². The summed E-state index contributed by atoms with van der Waals surface area (Å²) in [6.07, 6.45) is 4.13. The number of hydrogen-bond donors (Lipinski definition) is 1. The number of amides is 1. The van der Waals surface area contributed by atoms with Crippen molar-refractivity contribution >= 4 is 35.0 Å². The lowest BCUT2D eigenvalue weighted by Gasteiger charge is -2.15. The van der Waals surface area contributed by atoms with Gasteiger partial charge in [-0.15, -0.1) is 10.2 Å². The van der Waals surface area contributed by atoms with E-state index in [-0.39, 0.29) is 11.2 Å². The molecular formula is C19H20ClN5OS. The van der Waals surface area contributed by atoms with Crippen molar-refractivity contribution in [2.75, 3.05) is 5.32 Å². The molecule has 8 heteroatoms. The highest BCUT2D eigenvalue weighted by atomic mass is 35.5. The molecule has 0 fully saturated rings. The van der Waals surface area contributed by atoms with Crippen LogP contribution in [0.1, 0.15) is 20.3 Å². The Morgan fingerprint density at radius 2 is 1.85 bits per heavy atom. The van der Waals surface area contributed by atoms with Gasteiger partial charge in [0.2, 0.25) is 5.91 Å². The molecule has 27 heavy (non-hydrogen) atoms. The van der Waals surface area contributed by atoms with Gasteiger partial charge in [0.05, 0.1) is 5.25 Å². The molecule has 0 saturated heterocycles. The van der Waals surface area contributed by atoms with Crippen molar-refractivity contribution in [1.82, 2.24) is 19.7 Å². The summed E-state index contributed by atoms with van der Waals surface area (Å²) in [6.45, 7) is 4.73. The lowest BCUT2D eigenvalue weighted by atomic mass is 10.2. The first kappa shape index (κ1) is 19.4. The molecule has 1 unspecified atom stereocenters. The van der Waals surface area contributed by atoms with Gasteiger partial charge in [-0.3, -0.25) is 9.78 Å². The van der Waals surface area contributed by atoms with Crippen molar-refractivity contribution in [3.8, 4) is 11.4 Å². The van der Waals surface area contributed by atoms with Crippen molar-refractivity contribution in [1.29, 1.82) is 0 Å². The number of halogens is 1. The van der Waals surface area contributed by atoms with E-state index in [0.717, 1.165) is 22.2 Å². The van der Waals surface area contributed by atoms with Gasteiger partial charge in [-0.2, -0.15) is 0 Å². The molecule has 1 amide bonds. The van der Waals surface area contributed by atoms with Gasteiger partial charge in [0, 0.05) is 35.2 Å². The van der Waals surface area contributed by atoms with Crippen LogP contribution < -0.4 is 5.32 Å². The highest BCUT2D eigenvalue weighted by Gasteiger charge is 2.22. The molecule has 3 aromatic rings. The second-order valence-electron chi connectivity index (χ2n) is 5.80. The molecule has 3 rings (SSSR count). The van der Waals surface area contributed by atoms with Crippen LogP contribution in [-0.4, -0.2) is 30.9 Å². The summed E-state index contributed by atoms with van der Waals surface area (Å²) in [5.74, 6) is 0.705. The van der Waals surface area contributed by atoms with Crippen LogP contribution in [-0.2, 0) is 11.3 Å². The lowest BCUT2D eigenvalue weighted by molar-refractivity contribution is -0.115. The van der Waals surface area contributed by atoms with E-state index in [1.54, 1.807) is 36.7 Å². The first-order valence-corrected chi connectivity index (χ1v) is 9.94. The van der Waals surface area contributed by atoms with Crippen molar-refractivity contribution in [3.05, 3.63) is 53.8 Å². The van der Waals surface area contributed by atoms with Crippen LogP contribution in [0, 0.1) is 0 Å². The van der Waals surface area contributed by atoms with Crippen LogP contribution in [0.15, 0.2) is 53.9 Å². The number of carbonyl (C=O) groups excluding carboxylic acids is 1. The monoisotopic (exact) mass is 401 g/mol. The first-order valence-electron chi connectivity index (χ1n) is 8.69. The first-order chi connectivity index (χ1) is 13.1. The number of benzene rings is 1. The Bertz CT molecular complexity index is 898. The number of carbonyl (C=O) groups is 1. The van der Waals surface area contributed by atoms with E-state index < -0.39 is 0 Å². The minimum atomic E-state index is -0.277. The van der Waals surface area contributed by atoms with Crippen LogP contribution in [0.25, 0.3) is 11.4 Å². The molecule has 1 N–H and O–H groups in total. The van der Waals surface area contributed by atoms with Crippen molar-refractivity contribution in [2.45, 2.75) is 37.2 Å². The van der Waals surface area contributed by atoms with Crippen LogP contribution in [0.5, 0.6) is 0 Å². The summed E-state index contributed by atoms with van der Waals surface area (Å²) < 4.78 is 2.01. The fraction of sp³-hybridized carbons (Fsp3) is 0.263. The minimum absolute atomic E-state index is 0.0686. The lowest BCUT2D eigenvalue weighted by Crippen LogP contribution is -2.25.